The van der Waals surface area contributed by atoms with Crippen LogP contribution in [0.3, 0.4) is 0 Å². The average molecular weight is 429 g/mol. The summed E-state index contributed by atoms with van der Waals surface area (Å²) in [7, 11) is 0. The number of hydrogen-bond donors (Lipinski definition) is 1. The molecule has 2 heterocycles. The molecule has 1 N–H and O–H groups in total. The third-order valence-corrected chi connectivity index (χ3v) is 5.86. The predicted molar refractivity (Wildman–Crippen MR) is 107 cm³/mol. The monoisotopic (exact) mass is 429 g/mol. The maximum atomic E-state index is 13.5. The van der Waals surface area contributed by atoms with E-state index < -0.39 is 5.91 Å². The number of nitrogens with one attached hydrogen (secondary N) is 1. The van der Waals surface area contributed by atoms with E-state index >= 15 is 0 Å². The minimum absolute atomic E-state index is 0.207. The Bertz CT molecular complexity index is 1140. The highest BCUT2D eigenvalue weighted by Crippen LogP contribution is 2.26. The van der Waals surface area contributed by atoms with Gasteiger partial charge in [0.25, 0.3) is 5.91 Å². The van der Waals surface area contributed by atoms with Gasteiger partial charge in [-0.1, -0.05) is 29.2 Å². The first-order chi connectivity index (χ1) is 14.1. The third-order valence-electron chi connectivity index (χ3n) is 3.78. The van der Waals surface area contributed by atoms with Gasteiger partial charge in [0.15, 0.2) is 5.16 Å². The van der Waals surface area contributed by atoms with Crippen LogP contribution in [0.25, 0.3) is 5.69 Å². The van der Waals surface area contributed by atoms with Gasteiger partial charge in [-0.2, -0.15) is 0 Å². The lowest BCUT2D eigenvalue weighted by Gasteiger charge is -2.06. The summed E-state index contributed by atoms with van der Waals surface area (Å²) >= 11 is 2.57. The Morgan fingerprint density at radius 1 is 1.10 bits per heavy atom. The number of benzene rings is 2. The molecule has 10 heteroatoms. The summed E-state index contributed by atoms with van der Waals surface area (Å²) in [5.41, 5.74) is 1.14. The Kier molecular flexibility index (Phi) is 5.63. The van der Waals surface area contributed by atoms with Crippen molar-refractivity contribution in [1.29, 1.82) is 0 Å². The highest BCUT2D eigenvalue weighted by molar-refractivity contribution is 7.98. The van der Waals surface area contributed by atoms with Gasteiger partial charge in [0, 0.05) is 18.1 Å². The van der Waals surface area contributed by atoms with Crippen LogP contribution in [-0.4, -0.2) is 25.7 Å². The Balaban J connectivity index is 1.41. The molecule has 0 unspecified atom stereocenters. The maximum absolute atomic E-state index is 13.5. The van der Waals surface area contributed by atoms with E-state index in [2.05, 4.69) is 20.5 Å². The SMILES string of the molecule is O=C(Nc1ccc(F)cc1)c1nnc(CSc2nccn2-c2cccc(F)c2)s1. The van der Waals surface area contributed by atoms with Gasteiger partial charge >= 0.3 is 0 Å². The summed E-state index contributed by atoms with van der Waals surface area (Å²) in [6.45, 7) is 0. The molecule has 146 valence electrons. The number of imidazole rings is 1. The number of aromatic nitrogens is 4. The summed E-state index contributed by atoms with van der Waals surface area (Å²) in [5, 5.41) is 12.1. The second-order valence-corrected chi connectivity index (χ2v) is 7.81. The van der Waals surface area contributed by atoms with Gasteiger partial charge in [0.2, 0.25) is 5.01 Å². The van der Waals surface area contributed by atoms with Crippen molar-refractivity contribution in [2.24, 2.45) is 0 Å². The predicted octanol–water partition coefficient (Wildman–Crippen LogP) is 4.55. The number of thioether (sulfide) groups is 1. The molecule has 4 aromatic rings. The molecule has 6 nitrogen and oxygen atoms in total. The lowest BCUT2D eigenvalue weighted by molar-refractivity contribution is 0.102. The first-order valence-corrected chi connectivity index (χ1v) is 10.2. The summed E-state index contributed by atoms with van der Waals surface area (Å²) in [5.74, 6) is -0.664. The number of carbonyl (C=O) groups excluding carboxylic acids is 1. The van der Waals surface area contributed by atoms with Gasteiger partial charge in [-0.25, -0.2) is 13.8 Å². The van der Waals surface area contributed by atoms with E-state index in [1.807, 2.05) is 0 Å². The standard InChI is InChI=1S/C19H13F2N5OS2/c20-12-4-6-14(7-5-12)23-17(27)18-25-24-16(29-18)11-28-19-22-8-9-26(19)15-3-1-2-13(21)10-15/h1-10H,11H2,(H,23,27). The number of carbonyl (C=O) groups is 1. The van der Waals surface area contributed by atoms with Gasteiger partial charge in [0.05, 0.1) is 11.4 Å². The van der Waals surface area contributed by atoms with E-state index in [1.54, 1.807) is 29.1 Å². The van der Waals surface area contributed by atoms with Crippen molar-refractivity contribution in [3.05, 3.63) is 82.6 Å². The van der Waals surface area contributed by atoms with Gasteiger partial charge in [-0.15, -0.1) is 10.2 Å². The molecule has 0 saturated heterocycles. The largest absolute Gasteiger partial charge is 0.320 e. The van der Waals surface area contributed by atoms with Crippen LogP contribution in [0, 0.1) is 11.6 Å². The zero-order valence-corrected chi connectivity index (χ0v) is 16.4. The van der Waals surface area contributed by atoms with Crippen molar-refractivity contribution in [2.75, 3.05) is 5.32 Å². The molecule has 0 spiro atoms. The van der Waals surface area contributed by atoms with E-state index in [4.69, 9.17) is 0 Å². The van der Waals surface area contributed by atoms with Crippen molar-refractivity contribution in [3.8, 4) is 5.69 Å². The second kappa shape index (κ2) is 8.50. The molecule has 29 heavy (non-hydrogen) atoms. The quantitative estimate of drug-likeness (QED) is 0.456. The molecular weight excluding hydrogens is 416 g/mol. The zero-order valence-electron chi connectivity index (χ0n) is 14.8. The van der Waals surface area contributed by atoms with Crippen molar-refractivity contribution in [3.63, 3.8) is 0 Å². The van der Waals surface area contributed by atoms with E-state index in [0.717, 1.165) is 11.3 Å². The smallest absolute Gasteiger partial charge is 0.286 e. The van der Waals surface area contributed by atoms with Gasteiger partial charge in [0.1, 0.15) is 16.6 Å². The van der Waals surface area contributed by atoms with Crippen LogP contribution < -0.4 is 5.32 Å². The number of amides is 1. The molecular formula is C19H13F2N5OS2. The molecule has 2 aromatic heterocycles. The zero-order chi connectivity index (χ0) is 20.2. The average Bonchev–Trinajstić information content (AvgIpc) is 3.37. The molecule has 1 amide bonds. The lowest BCUT2D eigenvalue weighted by atomic mass is 10.3. The van der Waals surface area contributed by atoms with Crippen LogP contribution >= 0.6 is 23.1 Å². The molecule has 0 fully saturated rings. The van der Waals surface area contributed by atoms with Crippen LogP contribution in [0.15, 0.2) is 66.1 Å². The summed E-state index contributed by atoms with van der Waals surface area (Å²) in [6, 6.07) is 11.7. The highest BCUT2D eigenvalue weighted by Gasteiger charge is 2.15. The van der Waals surface area contributed by atoms with E-state index in [9.17, 15) is 13.6 Å². The van der Waals surface area contributed by atoms with Crippen LogP contribution in [0.1, 0.15) is 14.8 Å². The van der Waals surface area contributed by atoms with E-state index in [-0.39, 0.29) is 16.6 Å². The van der Waals surface area contributed by atoms with Gasteiger partial charge in [-0.05, 0) is 42.5 Å². The van der Waals surface area contributed by atoms with Crippen LogP contribution in [0.4, 0.5) is 14.5 Å². The molecule has 0 aliphatic carbocycles. The molecule has 0 saturated carbocycles. The third kappa shape index (κ3) is 4.66. The van der Waals surface area contributed by atoms with Crippen LogP contribution in [0.2, 0.25) is 0 Å². The Morgan fingerprint density at radius 3 is 2.72 bits per heavy atom. The Morgan fingerprint density at radius 2 is 1.93 bits per heavy atom. The van der Waals surface area contributed by atoms with Gasteiger partial charge in [-0.3, -0.25) is 9.36 Å². The fourth-order valence-electron chi connectivity index (χ4n) is 2.47. The molecule has 0 atom stereocenters. The van der Waals surface area contributed by atoms with Crippen molar-refractivity contribution in [2.45, 2.75) is 10.9 Å². The first kappa shape index (κ1) is 19.2. The number of rotatable bonds is 6. The van der Waals surface area contributed by atoms with Crippen LogP contribution in [0.5, 0.6) is 0 Å². The fourth-order valence-corrected chi connectivity index (χ4v) is 4.16. The van der Waals surface area contributed by atoms with E-state index in [0.29, 0.717) is 27.3 Å². The topological polar surface area (TPSA) is 72.7 Å². The maximum Gasteiger partial charge on any atom is 0.286 e. The van der Waals surface area contributed by atoms with E-state index in [1.165, 1.54) is 48.2 Å². The minimum atomic E-state index is -0.411. The molecule has 0 aliphatic rings. The van der Waals surface area contributed by atoms with Crippen molar-refractivity contribution in [1.82, 2.24) is 19.7 Å². The normalized spacial score (nSPS) is 10.8. The van der Waals surface area contributed by atoms with Crippen LogP contribution in [-0.2, 0) is 5.75 Å². The Labute approximate surface area is 172 Å². The minimum Gasteiger partial charge on any atom is -0.320 e. The van der Waals surface area contributed by atoms with Gasteiger partial charge < -0.3 is 5.32 Å². The number of nitrogens with zero attached hydrogens (tertiary/aromatic N) is 4. The molecule has 0 radical (unpaired) electrons. The fraction of sp³-hybridized carbons (Fsp3) is 0.0526. The Hall–Kier alpha value is -3.11. The summed E-state index contributed by atoms with van der Waals surface area (Å²) < 4.78 is 28.2. The number of hydrogen-bond acceptors (Lipinski definition) is 6. The molecule has 0 aliphatic heterocycles. The molecule has 0 bridgehead atoms. The summed E-state index contributed by atoms with van der Waals surface area (Å²) in [4.78, 5) is 16.6. The first-order valence-electron chi connectivity index (χ1n) is 8.40. The van der Waals surface area contributed by atoms with Crippen molar-refractivity contribution >= 4 is 34.7 Å². The number of anilines is 1. The highest BCUT2D eigenvalue weighted by atomic mass is 32.2. The molecule has 4 rings (SSSR count). The molecule has 2 aromatic carbocycles. The lowest BCUT2D eigenvalue weighted by Crippen LogP contribution is -2.11. The second-order valence-electron chi connectivity index (χ2n) is 5.81. The summed E-state index contributed by atoms with van der Waals surface area (Å²) in [6.07, 6.45) is 3.38. The number of halogens is 2. The van der Waals surface area contributed by atoms with Crippen molar-refractivity contribution < 1.29 is 13.6 Å².